The van der Waals surface area contributed by atoms with E-state index in [1.54, 1.807) is 18.2 Å². The first-order valence-corrected chi connectivity index (χ1v) is 11.4. The van der Waals surface area contributed by atoms with Crippen molar-refractivity contribution in [2.75, 3.05) is 13.1 Å². The van der Waals surface area contributed by atoms with Crippen molar-refractivity contribution in [1.29, 1.82) is 0 Å². The monoisotopic (exact) mass is 429 g/mol. The van der Waals surface area contributed by atoms with Gasteiger partial charge in [0.15, 0.2) is 0 Å². The van der Waals surface area contributed by atoms with Crippen LogP contribution in [0.3, 0.4) is 0 Å². The molecule has 2 aromatic rings. The van der Waals surface area contributed by atoms with Crippen molar-refractivity contribution in [2.45, 2.75) is 38.0 Å². The topological polar surface area (TPSA) is 95.6 Å². The summed E-state index contributed by atoms with van der Waals surface area (Å²) in [4.78, 5) is 24.6. The number of sulfonamides is 1. The van der Waals surface area contributed by atoms with E-state index >= 15 is 0 Å². The first kappa shape index (κ1) is 22.0. The second-order valence-corrected chi connectivity index (χ2v) is 9.56. The Labute approximate surface area is 177 Å². The molecule has 0 saturated carbocycles. The Morgan fingerprint density at radius 3 is 2.27 bits per heavy atom. The Morgan fingerprint density at radius 1 is 0.967 bits per heavy atom. The SMILES string of the molecule is Cc1ccc(S(=O)(=O)N2CCC(C(=O)NNC(=O)Cc3ccccc3)CC2)cc1C. The normalized spacial score (nSPS) is 15.5. The fourth-order valence-corrected chi connectivity index (χ4v) is 5.00. The predicted molar refractivity (Wildman–Crippen MR) is 114 cm³/mol. The van der Waals surface area contributed by atoms with Gasteiger partial charge in [-0.3, -0.25) is 20.4 Å². The second kappa shape index (κ2) is 9.40. The van der Waals surface area contributed by atoms with Gasteiger partial charge in [-0.25, -0.2) is 8.42 Å². The van der Waals surface area contributed by atoms with E-state index < -0.39 is 10.0 Å². The zero-order valence-corrected chi connectivity index (χ0v) is 18.0. The van der Waals surface area contributed by atoms with Crippen molar-refractivity contribution < 1.29 is 18.0 Å². The van der Waals surface area contributed by atoms with Crippen LogP contribution in [0.2, 0.25) is 0 Å². The standard InChI is InChI=1S/C22H27N3O4S/c1-16-8-9-20(14-17(16)2)30(28,29)25-12-10-19(11-13-25)22(27)24-23-21(26)15-18-6-4-3-5-7-18/h3-9,14,19H,10-13,15H2,1-2H3,(H,23,26)(H,24,27). The highest BCUT2D eigenvalue weighted by atomic mass is 32.2. The molecule has 2 amide bonds. The first-order valence-electron chi connectivity index (χ1n) is 9.97. The van der Waals surface area contributed by atoms with Crippen molar-refractivity contribution >= 4 is 21.8 Å². The molecule has 160 valence electrons. The van der Waals surface area contributed by atoms with Gasteiger partial charge in [0.25, 0.3) is 0 Å². The van der Waals surface area contributed by atoms with Crippen molar-refractivity contribution in [3.63, 3.8) is 0 Å². The molecule has 30 heavy (non-hydrogen) atoms. The number of carbonyl (C=O) groups is 2. The largest absolute Gasteiger partial charge is 0.273 e. The fourth-order valence-electron chi connectivity index (χ4n) is 3.44. The lowest BCUT2D eigenvalue weighted by molar-refractivity contribution is -0.131. The molecule has 8 heteroatoms. The number of hydrogen-bond donors (Lipinski definition) is 2. The molecule has 2 N–H and O–H groups in total. The third-order valence-electron chi connectivity index (χ3n) is 5.47. The van der Waals surface area contributed by atoms with E-state index in [4.69, 9.17) is 0 Å². The van der Waals surface area contributed by atoms with Gasteiger partial charge in [0.2, 0.25) is 21.8 Å². The minimum absolute atomic E-state index is 0.174. The average molecular weight is 430 g/mol. The summed E-state index contributed by atoms with van der Waals surface area (Å²) in [5.41, 5.74) is 7.73. The third kappa shape index (κ3) is 5.25. The number of carbonyl (C=O) groups excluding carboxylic acids is 2. The van der Waals surface area contributed by atoms with E-state index in [1.807, 2.05) is 44.2 Å². The molecule has 0 radical (unpaired) electrons. The average Bonchev–Trinajstić information content (AvgIpc) is 2.74. The Balaban J connectivity index is 1.50. The van der Waals surface area contributed by atoms with Crippen LogP contribution in [0, 0.1) is 19.8 Å². The maximum atomic E-state index is 12.9. The fraction of sp³-hybridized carbons (Fsp3) is 0.364. The highest BCUT2D eigenvalue weighted by Gasteiger charge is 2.32. The Hall–Kier alpha value is -2.71. The van der Waals surface area contributed by atoms with Crippen LogP contribution in [0.4, 0.5) is 0 Å². The van der Waals surface area contributed by atoms with Crippen LogP contribution in [-0.4, -0.2) is 37.6 Å². The lowest BCUT2D eigenvalue weighted by atomic mass is 9.98. The molecule has 0 atom stereocenters. The maximum absolute atomic E-state index is 12.9. The van der Waals surface area contributed by atoms with Crippen molar-refractivity contribution in [1.82, 2.24) is 15.2 Å². The zero-order chi connectivity index (χ0) is 21.7. The van der Waals surface area contributed by atoms with Crippen molar-refractivity contribution in [3.8, 4) is 0 Å². The molecular weight excluding hydrogens is 402 g/mol. The van der Waals surface area contributed by atoms with Gasteiger partial charge in [0.05, 0.1) is 11.3 Å². The van der Waals surface area contributed by atoms with Crippen molar-refractivity contribution in [3.05, 3.63) is 65.2 Å². The Kier molecular flexibility index (Phi) is 6.89. The highest BCUT2D eigenvalue weighted by Crippen LogP contribution is 2.25. The predicted octanol–water partition coefficient (Wildman–Crippen LogP) is 2.09. The minimum atomic E-state index is -3.58. The summed E-state index contributed by atoms with van der Waals surface area (Å²) in [5.74, 6) is -0.933. The van der Waals surface area contributed by atoms with Crippen LogP contribution in [0.5, 0.6) is 0 Å². The lowest BCUT2D eigenvalue weighted by Gasteiger charge is -2.30. The van der Waals surface area contributed by atoms with Gasteiger partial charge in [-0.1, -0.05) is 36.4 Å². The van der Waals surface area contributed by atoms with E-state index in [0.717, 1.165) is 16.7 Å². The van der Waals surface area contributed by atoms with Gasteiger partial charge in [-0.05, 0) is 55.5 Å². The van der Waals surface area contributed by atoms with Gasteiger partial charge >= 0.3 is 0 Å². The van der Waals surface area contributed by atoms with Gasteiger partial charge in [0.1, 0.15) is 0 Å². The van der Waals surface area contributed by atoms with Crippen LogP contribution in [-0.2, 0) is 26.0 Å². The summed E-state index contributed by atoms with van der Waals surface area (Å²) in [5, 5.41) is 0. The zero-order valence-electron chi connectivity index (χ0n) is 17.2. The van der Waals surface area contributed by atoms with E-state index in [0.29, 0.717) is 12.8 Å². The second-order valence-electron chi connectivity index (χ2n) is 7.62. The van der Waals surface area contributed by atoms with Crippen molar-refractivity contribution in [2.24, 2.45) is 5.92 Å². The molecule has 0 unspecified atom stereocenters. The summed E-state index contributed by atoms with van der Waals surface area (Å²) < 4.78 is 27.2. The first-order chi connectivity index (χ1) is 14.3. The Bertz CT molecular complexity index is 1010. The molecule has 1 heterocycles. The quantitative estimate of drug-likeness (QED) is 0.712. The summed E-state index contributed by atoms with van der Waals surface area (Å²) in [7, 11) is -3.58. The van der Waals surface area contributed by atoms with Crippen LogP contribution in [0.25, 0.3) is 0 Å². The van der Waals surface area contributed by atoms with Crippen LogP contribution in [0.15, 0.2) is 53.4 Å². The molecule has 1 fully saturated rings. The van der Waals surface area contributed by atoms with Gasteiger partial charge in [-0.15, -0.1) is 0 Å². The van der Waals surface area contributed by atoms with Crippen LogP contribution < -0.4 is 10.9 Å². The van der Waals surface area contributed by atoms with E-state index in [-0.39, 0.29) is 42.1 Å². The van der Waals surface area contributed by atoms with Gasteiger partial charge in [-0.2, -0.15) is 4.31 Å². The maximum Gasteiger partial charge on any atom is 0.243 e. The highest BCUT2D eigenvalue weighted by molar-refractivity contribution is 7.89. The number of benzene rings is 2. The number of hydrazine groups is 1. The van der Waals surface area contributed by atoms with Crippen LogP contribution >= 0.6 is 0 Å². The summed E-state index contributed by atoms with van der Waals surface area (Å²) in [6, 6.07) is 14.4. The molecule has 1 aliphatic heterocycles. The molecular formula is C22H27N3O4S. The molecule has 0 bridgehead atoms. The number of hydrogen-bond acceptors (Lipinski definition) is 4. The van der Waals surface area contributed by atoms with Crippen LogP contribution in [0.1, 0.15) is 29.5 Å². The van der Waals surface area contributed by atoms with E-state index in [1.165, 1.54) is 4.31 Å². The number of aryl methyl sites for hydroxylation is 2. The molecule has 1 saturated heterocycles. The molecule has 1 aliphatic rings. The number of piperidine rings is 1. The summed E-state index contributed by atoms with van der Waals surface area (Å²) >= 11 is 0. The number of nitrogens with zero attached hydrogens (tertiary/aromatic N) is 1. The summed E-state index contributed by atoms with van der Waals surface area (Å²) in [6.07, 6.45) is 0.989. The molecule has 3 rings (SSSR count). The lowest BCUT2D eigenvalue weighted by Crippen LogP contribution is -2.48. The van der Waals surface area contributed by atoms with E-state index in [9.17, 15) is 18.0 Å². The molecule has 0 aliphatic carbocycles. The molecule has 2 aromatic carbocycles. The third-order valence-corrected chi connectivity index (χ3v) is 7.37. The molecule has 7 nitrogen and oxygen atoms in total. The number of nitrogens with one attached hydrogen (secondary N) is 2. The molecule has 0 spiro atoms. The van der Waals surface area contributed by atoms with Gasteiger partial charge in [0, 0.05) is 19.0 Å². The minimum Gasteiger partial charge on any atom is -0.273 e. The summed E-state index contributed by atoms with van der Waals surface area (Å²) in [6.45, 7) is 4.36. The number of rotatable bonds is 5. The Morgan fingerprint density at radius 2 is 1.63 bits per heavy atom. The molecule has 0 aromatic heterocycles. The number of amides is 2. The van der Waals surface area contributed by atoms with Gasteiger partial charge < -0.3 is 0 Å². The smallest absolute Gasteiger partial charge is 0.243 e. The van der Waals surface area contributed by atoms with E-state index in [2.05, 4.69) is 10.9 Å².